The topological polar surface area (TPSA) is 59.8 Å². The average molecular weight is 364 g/mol. The summed E-state index contributed by atoms with van der Waals surface area (Å²) in [5.74, 6) is -0.0974. The zero-order valence-electron chi connectivity index (χ0n) is 14.3. The molecule has 0 spiro atoms. The van der Waals surface area contributed by atoms with Gasteiger partial charge in [-0.1, -0.05) is 25.0 Å². The number of anilines is 1. The molecule has 1 aliphatic carbocycles. The predicted octanol–water partition coefficient (Wildman–Crippen LogP) is 4.55. The summed E-state index contributed by atoms with van der Waals surface area (Å²) in [4.78, 5) is 13.8. The van der Waals surface area contributed by atoms with Gasteiger partial charge in [-0.05, 0) is 49.2 Å². The summed E-state index contributed by atoms with van der Waals surface area (Å²) >= 11 is 1.88. The zero-order chi connectivity index (χ0) is 17.8. The molecule has 5 nitrogen and oxygen atoms in total. The first-order valence-electron chi connectivity index (χ1n) is 8.82. The molecule has 1 aliphatic rings. The van der Waals surface area contributed by atoms with Crippen molar-refractivity contribution < 1.29 is 4.79 Å². The Labute approximate surface area is 156 Å². The summed E-state index contributed by atoms with van der Waals surface area (Å²) in [7, 11) is 0. The average Bonchev–Trinajstić information content (AvgIpc) is 3.37. The molecule has 0 radical (unpaired) electrons. The second-order valence-corrected chi connectivity index (χ2v) is 7.73. The van der Waals surface area contributed by atoms with Gasteiger partial charge < -0.3 is 5.32 Å². The van der Waals surface area contributed by atoms with E-state index >= 15 is 0 Å². The number of nitrogens with zero attached hydrogens (tertiary/aromatic N) is 3. The first kappa shape index (κ1) is 16.8. The number of nitrogens with one attached hydrogen (secondary N) is 1. The number of carbonyl (C=O) groups is 1. The molecule has 1 aromatic heterocycles. The first-order chi connectivity index (χ1) is 12.8. The van der Waals surface area contributed by atoms with Gasteiger partial charge in [0.05, 0.1) is 5.69 Å². The molecule has 132 valence electrons. The van der Waals surface area contributed by atoms with E-state index < -0.39 is 0 Å². The van der Waals surface area contributed by atoms with Crippen LogP contribution in [0.5, 0.6) is 0 Å². The number of thioether (sulfide) groups is 1. The lowest BCUT2D eigenvalue weighted by atomic mass is 10.2. The molecule has 1 heterocycles. The third kappa shape index (κ3) is 3.80. The Balaban J connectivity index is 1.47. The lowest BCUT2D eigenvalue weighted by molar-refractivity contribution is 0.102. The van der Waals surface area contributed by atoms with E-state index in [0.29, 0.717) is 10.8 Å². The van der Waals surface area contributed by atoms with E-state index in [4.69, 9.17) is 0 Å². The molecule has 1 N–H and O–H groups in total. The Kier molecular flexibility index (Phi) is 5.02. The fraction of sp³-hybridized carbons (Fsp3) is 0.250. The van der Waals surface area contributed by atoms with Crippen LogP contribution in [0.25, 0.3) is 5.69 Å². The van der Waals surface area contributed by atoms with Gasteiger partial charge in [0.1, 0.15) is 12.7 Å². The number of para-hydroxylation sites is 1. The van der Waals surface area contributed by atoms with Crippen molar-refractivity contribution in [3.05, 3.63) is 66.7 Å². The van der Waals surface area contributed by atoms with E-state index in [2.05, 4.69) is 21.6 Å². The Morgan fingerprint density at radius 2 is 1.69 bits per heavy atom. The molecule has 0 aliphatic heterocycles. The van der Waals surface area contributed by atoms with Gasteiger partial charge >= 0.3 is 0 Å². The highest BCUT2D eigenvalue weighted by molar-refractivity contribution is 8.00. The zero-order valence-corrected chi connectivity index (χ0v) is 15.2. The highest BCUT2D eigenvalue weighted by atomic mass is 32.2. The number of amides is 1. The monoisotopic (exact) mass is 364 g/mol. The molecule has 1 amide bonds. The van der Waals surface area contributed by atoms with Crippen LogP contribution in [-0.2, 0) is 0 Å². The third-order valence-electron chi connectivity index (χ3n) is 4.58. The van der Waals surface area contributed by atoms with Crippen molar-refractivity contribution in [3.8, 4) is 5.69 Å². The summed E-state index contributed by atoms with van der Waals surface area (Å²) in [6, 6.07) is 15.5. The van der Waals surface area contributed by atoms with Crippen LogP contribution in [0.3, 0.4) is 0 Å². The van der Waals surface area contributed by atoms with Crippen LogP contribution in [-0.4, -0.2) is 25.9 Å². The van der Waals surface area contributed by atoms with Crippen LogP contribution < -0.4 is 5.32 Å². The minimum Gasteiger partial charge on any atom is -0.321 e. The van der Waals surface area contributed by atoms with Gasteiger partial charge in [-0.15, -0.1) is 22.0 Å². The van der Waals surface area contributed by atoms with Gasteiger partial charge in [0.2, 0.25) is 0 Å². The number of rotatable bonds is 5. The van der Waals surface area contributed by atoms with Crippen LogP contribution in [0, 0.1) is 0 Å². The fourth-order valence-corrected chi connectivity index (χ4v) is 4.50. The van der Waals surface area contributed by atoms with Crippen LogP contribution in [0.1, 0.15) is 36.0 Å². The Morgan fingerprint density at radius 3 is 2.42 bits per heavy atom. The number of hydrogen-bond donors (Lipinski definition) is 1. The van der Waals surface area contributed by atoms with Gasteiger partial charge in [-0.25, -0.2) is 0 Å². The summed E-state index contributed by atoms with van der Waals surface area (Å²) in [6.07, 6.45) is 8.40. The maximum Gasteiger partial charge on any atom is 0.255 e. The van der Waals surface area contributed by atoms with Crippen molar-refractivity contribution >= 4 is 23.4 Å². The highest BCUT2D eigenvalue weighted by Gasteiger charge is 2.18. The van der Waals surface area contributed by atoms with Gasteiger partial charge in [0.15, 0.2) is 0 Å². The van der Waals surface area contributed by atoms with Crippen LogP contribution in [0.15, 0.2) is 66.1 Å². The van der Waals surface area contributed by atoms with E-state index in [1.54, 1.807) is 17.2 Å². The number of benzene rings is 2. The Bertz CT molecular complexity index is 871. The van der Waals surface area contributed by atoms with Gasteiger partial charge in [0, 0.05) is 21.4 Å². The van der Waals surface area contributed by atoms with Crippen molar-refractivity contribution in [2.24, 2.45) is 0 Å². The van der Waals surface area contributed by atoms with Gasteiger partial charge in [-0.2, -0.15) is 0 Å². The van der Waals surface area contributed by atoms with Gasteiger partial charge in [-0.3, -0.25) is 9.36 Å². The molecule has 6 heteroatoms. The second kappa shape index (κ2) is 7.74. The van der Waals surface area contributed by atoms with Crippen molar-refractivity contribution in [1.82, 2.24) is 14.8 Å². The smallest absolute Gasteiger partial charge is 0.255 e. The molecule has 4 rings (SSSR count). The van der Waals surface area contributed by atoms with E-state index in [1.165, 1.54) is 25.7 Å². The van der Waals surface area contributed by atoms with Crippen LogP contribution in [0.2, 0.25) is 0 Å². The summed E-state index contributed by atoms with van der Waals surface area (Å²) in [5, 5.41) is 11.3. The molecule has 2 aromatic carbocycles. The normalized spacial score (nSPS) is 14.5. The number of aromatic nitrogens is 3. The molecule has 0 unspecified atom stereocenters. The molecule has 1 saturated carbocycles. The summed E-state index contributed by atoms with van der Waals surface area (Å²) in [5.41, 5.74) is 2.43. The molecule has 3 aromatic rings. The standard InChI is InChI=1S/C20H20N4OS/c25-20(15-9-11-16(12-10-15)24-13-21-22-14-24)23-18-7-3-4-8-19(18)26-17-5-1-2-6-17/h3-4,7-14,17H,1-2,5-6H2,(H,23,25). The van der Waals surface area contributed by atoms with Crippen molar-refractivity contribution in [2.45, 2.75) is 35.8 Å². The van der Waals surface area contributed by atoms with E-state index in [0.717, 1.165) is 16.3 Å². The number of carbonyl (C=O) groups excluding carboxylic acids is 1. The lowest BCUT2D eigenvalue weighted by Gasteiger charge is -2.14. The SMILES string of the molecule is O=C(Nc1ccccc1SC1CCCC1)c1ccc(-n2cnnc2)cc1. The van der Waals surface area contributed by atoms with E-state index in [1.807, 2.05) is 54.2 Å². The predicted molar refractivity (Wildman–Crippen MR) is 104 cm³/mol. The molecule has 1 fully saturated rings. The van der Waals surface area contributed by atoms with E-state index in [9.17, 15) is 4.79 Å². The number of hydrogen-bond acceptors (Lipinski definition) is 4. The first-order valence-corrected chi connectivity index (χ1v) is 9.70. The Morgan fingerprint density at radius 1 is 1.00 bits per heavy atom. The second-order valence-electron chi connectivity index (χ2n) is 6.39. The minimum absolute atomic E-state index is 0.0974. The largest absolute Gasteiger partial charge is 0.321 e. The molecular formula is C20H20N4OS. The molecular weight excluding hydrogens is 344 g/mol. The molecule has 26 heavy (non-hydrogen) atoms. The molecule has 0 bridgehead atoms. The Hall–Kier alpha value is -2.60. The maximum absolute atomic E-state index is 12.6. The molecule has 0 saturated heterocycles. The van der Waals surface area contributed by atoms with E-state index in [-0.39, 0.29) is 5.91 Å². The minimum atomic E-state index is -0.0974. The third-order valence-corrected chi connectivity index (χ3v) is 5.99. The van der Waals surface area contributed by atoms with Crippen molar-refractivity contribution in [3.63, 3.8) is 0 Å². The highest BCUT2D eigenvalue weighted by Crippen LogP contribution is 2.38. The summed E-state index contributed by atoms with van der Waals surface area (Å²) < 4.78 is 1.80. The quantitative estimate of drug-likeness (QED) is 0.721. The van der Waals surface area contributed by atoms with Crippen molar-refractivity contribution in [2.75, 3.05) is 5.32 Å². The molecule has 0 atom stereocenters. The fourth-order valence-electron chi connectivity index (χ4n) is 3.17. The lowest BCUT2D eigenvalue weighted by Crippen LogP contribution is -2.13. The maximum atomic E-state index is 12.6. The van der Waals surface area contributed by atoms with Gasteiger partial charge in [0.25, 0.3) is 5.91 Å². The van der Waals surface area contributed by atoms with Crippen molar-refractivity contribution in [1.29, 1.82) is 0 Å². The van der Waals surface area contributed by atoms with Crippen LogP contribution >= 0.6 is 11.8 Å². The van der Waals surface area contributed by atoms with Crippen LogP contribution in [0.4, 0.5) is 5.69 Å². The summed E-state index contributed by atoms with van der Waals surface area (Å²) in [6.45, 7) is 0.